The molecule has 1 atom stereocenters. The molecule has 3 amide bonds. The lowest BCUT2D eigenvalue weighted by Crippen LogP contribution is -2.51. The summed E-state index contributed by atoms with van der Waals surface area (Å²) >= 11 is 0. The van der Waals surface area contributed by atoms with Crippen molar-refractivity contribution in [2.45, 2.75) is 59.5 Å². The van der Waals surface area contributed by atoms with Crippen LogP contribution < -0.4 is 10.2 Å². The zero-order valence-corrected chi connectivity index (χ0v) is 21.1. The summed E-state index contributed by atoms with van der Waals surface area (Å²) in [5, 5.41) is 11.8. The van der Waals surface area contributed by atoms with Gasteiger partial charge in [-0.15, -0.1) is 10.2 Å². The van der Waals surface area contributed by atoms with E-state index in [1.807, 2.05) is 44.7 Å². The third-order valence-corrected chi connectivity index (χ3v) is 6.27. The van der Waals surface area contributed by atoms with E-state index in [1.54, 1.807) is 4.90 Å². The van der Waals surface area contributed by atoms with E-state index in [1.165, 1.54) is 5.56 Å². The second-order valence-electron chi connectivity index (χ2n) is 9.35. The molecule has 2 aromatic rings. The average Bonchev–Trinajstić information content (AvgIpc) is 3.08. The minimum atomic E-state index is -0.182. The van der Waals surface area contributed by atoms with Crippen LogP contribution in [0.2, 0.25) is 0 Å². The Morgan fingerprint density at radius 1 is 1.00 bits per heavy atom. The Balaban J connectivity index is 1.61. The summed E-state index contributed by atoms with van der Waals surface area (Å²) in [5.74, 6) is 0.810. The maximum absolute atomic E-state index is 13.1. The maximum atomic E-state index is 13.1. The Hall–Kier alpha value is -3.16. The molecule has 0 aliphatic carbocycles. The van der Waals surface area contributed by atoms with Crippen molar-refractivity contribution in [1.82, 2.24) is 25.3 Å². The fourth-order valence-electron chi connectivity index (χ4n) is 3.99. The van der Waals surface area contributed by atoms with E-state index in [2.05, 4.69) is 51.6 Å². The number of hydrogen-bond donors (Lipinski definition) is 1. The molecule has 1 aromatic heterocycles. The normalized spacial score (nSPS) is 15.1. The number of carbonyl (C=O) groups is 2. The number of nitrogens with zero attached hydrogens (tertiary/aromatic N) is 5. The second-order valence-corrected chi connectivity index (χ2v) is 9.35. The van der Waals surface area contributed by atoms with E-state index < -0.39 is 0 Å². The van der Waals surface area contributed by atoms with Gasteiger partial charge in [-0.2, -0.15) is 0 Å². The molecule has 34 heavy (non-hydrogen) atoms. The quantitative estimate of drug-likeness (QED) is 0.673. The molecule has 1 saturated heterocycles. The first-order valence-corrected chi connectivity index (χ1v) is 12.3. The zero-order chi connectivity index (χ0) is 24.7. The summed E-state index contributed by atoms with van der Waals surface area (Å²) in [7, 11) is 0. The topological polar surface area (TPSA) is 81.7 Å². The number of amides is 3. The number of aryl methyl sites for hydroxylation is 1. The SMILES string of the molecule is CCC(C)N(CC(=O)N1CCCN(c2ccc(-c3ccc(C)cc3)nn2)CC1)C(=O)NC(C)C. The highest BCUT2D eigenvalue weighted by Gasteiger charge is 2.26. The van der Waals surface area contributed by atoms with Gasteiger partial charge in [0.2, 0.25) is 5.91 Å². The molecular weight excluding hydrogens is 428 g/mol. The van der Waals surface area contributed by atoms with Crippen LogP contribution in [0.15, 0.2) is 36.4 Å². The summed E-state index contributed by atoms with van der Waals surface area (Å²) in [6.07, 6.45) is 1.64. The zero-order valence-electron chi connectivity index (χ0n) is 21.1. The highest BCUT2D eigenvalue weighted by Crippen LogP contribution is 2.20. The van der Waals surface area contributed by atoms with Gasteiger partial charge in [-0.05, 0) is 52.7 Å². The summed E-state index contributed by atoms with van der Waals surface area (Å²) < 4.78 is 0. The smallest absolute Gasteiger partial charge is 0.318 e. The van der Waals surface area contributed by atoms with Gasteiger partial charge < -0.3 is 20.0 Å². The van der Waals surface area contributed by atoms with Crippen LogP contribution in [0.25, 0.3) is 11.3 Å². The first-order chi connectivity index (χ1) is 16.3. The van der Waals surface area contributed by atoms with Gasteiger partial charge in [-0.1, -0.05) is 36.8 Å². The lowest BCUT2D eigenvalue weighted by Gasteiger charge is -2.31. The molecule has 1 fully saturated rings. The van der Waals surface area contributed by atoms with Gasteiger partial charge >= 0.3 is 6.03 Å². The van der Waals surface area contributed by atoms with Crippen molar-refractivity contribution >= 4 is 17.8 Å². The Bertz CT molecular complexity index is 945. The average molecular weight is 467 g/mol. The van der Waals surface area contributed by atoms with E-state index in [0.717, 1.165) is 36.5 Å². The summed E-state index contributed by atoms with van der Waals surface area (Å²) in [5.41, 5.74) is 3.11. The number of carbonyl (C=O) groups excluding carboxylic acids is 2. The van der Waals surface area contributed by atoms with Crippen LogP contribution in [0.3, 0.4) is 0 Å². The second kappa shape index (κ2) is 11.8. The first-order valence-electron chi connectivity index (χ1n) is 12.3. The van der Waals surface area contributed by atoms with Crippen LogP contribution in [0, 0.1) is 6.92 Å². The van der Waals surface area contributed by atoms with E-state index in [4.69, 9.17) is 0 Å². The van der Waals surface area contributed by atoms with Gasteiger partial charge in [0, 0.05) is 43.8 Å². The molecule has 1 aliphatic heterocycles. The van der Waals surface area contributed by atoms with Gasteiger partial charge in [0.25, 0.3) is 0 Å². The molecule has 1 unspecified atom stereocenters. The third kappa shape index (κ3) is 6.68. The monoisotopic (exact) mass is 466 g/mol. The summed E-state index contributed by atoms with van der Waals surface area (Å²) in [6, 6.07) is 12.1. The Kier molecular flexibility index (Phi) is 8.85. The van der Waals surface area contributed by atoms with Crippen molar-refractivity contribution in [2.24, 2.45) is 0 Å². The van der Waals surface area contributed by atoms with Crippen LogP contribution in [0.1, 0.15) is 46.1 Å². The van der Waals surface area contributed by atoms with Crippen molar-refractivity contribution in [2.75, 3.05) is 37.6 Å². The summed E-state index contributed by atoms with van der Waals surface area (Å²) in [4.78, 5) is 31.4. The molecule has 0 radical (unpaired) electrons. The lowest BCUT2D eigenvalue weighted by atomic mass is 10.1. The van der Waals surface area contributed by atoms with Crippen LogP contribution in [0.5, 0.6) is 0 Å². The van der Waals surface area contributed by atoms with Crippen molar-refractivity contribution in [3.05, 3.63) is 42.0 Å². The number of aromatic nitrogens is 2. The first kappa shape index (κ1) is 25.5. The van der Waals surface area contributed by atoms with Gasteiger partial charge in [0.05, 0.1) is 5.69 Å². The van der Waals surface area contributed by atoms with Crippen molar-refractivity contribution in [3.63, 3.8) is 0 Å². The lowest BCUT2D eigenvalue weighted by molar-refractivity contribution is -0.132. The van der Waals surface area contributed by atoms with Gasteiger partial charge in [0.1, 0.15) is 6.54 Å². The molecule has 0 bridgehead atoms. The number of urea groups is 1. The van der Waals surface area contributed by atoms with Gasteiger partial charge in [-0.3, -0.25) is 4.79 Å². The molecule has 1 aliphatic rings. The molecule has 0 saturated carbocycles. The third-order valence-electron chi connectivity index (χ3n) is 6.27. The van der Waals surface area contributed by atoms with Crippen molar-refractivity contribution in [1.29, 1.82) is 0 Å². The molecule has 184 valence electrons. The van der Waals surface area contributed by atoms with Crippen LogP contribution in [0.4, 0.5) is 10.6 Å². The van der Waals surface area contributed by atoms with Crippen molar-refractivity contribution < 1.29 is 9.59 Å². The predicted molar refractivity (Wildman–Crippen MR) is 136 cm³/mol. The highest BCUT2D eigenvalue weighted by molar-refractivity contribution is 5.84. The minimum Gasteiger partial charge on any atom is -0.353 e. The van der Waals surface area contributed by atoms with E-state index in [9.17, 15) is 9.59 Å². The fraction of sp³-hybridized carbons (Fsp3) is 0.538. The predicted octanol–water partition coefficient (Wildman–Crippen LogP) is 3.71. The number of hydrogen-bond acceptors (Lipinski definition) is 5. The molecule has 0 spiro atoms. The van der Waals surface area contributed by atoms with Crippen LogP contribution >= 0.6 is 0 Å². The summed E-state index contributed by atoms with van der Waals surface area (Å²) in [6.45, 7) is 12.8. The minimum absolute atomic E-state index is 0.00602. The Morgan fingerprint density at radius 2 is 1.74 bits per heavy atom. The maximum Gasteiger partial charge on any atom is 0.318 e. The standard InChI is InChI=1S/C26H38N6O2/c1-6-21(5)32(26(34)27-19(2)3)18-25(33)31-15-7-14-30(16-17-31)24-13-12-23(28-29-24)22-10-8-20(4)9-11-22/h8-13,19,21H,6-7,14-18H2,1-5H3,(H,27,34). The van der Waals surface area contributed by atoms with E-state index >= 15 is 0 Å². The van der Waals surface area contributed by atoms with Gasteiger partial charge in [0.15, 0.2) is 5.82 Å². The van der Waals surface area contributed by atoms with Crippen LogP contribution in [-0.2, 0) is 4.79 Å². The number of anilines is 1. The van der Waals surface area contributed by atoms with E-state index in [-0.39, 0.29) is 30.6 Å². The molecule has 8 heteroatoms. The highest BCUT2D eigenvalue weighted by atomic mass is 16.2. The van der Waals surface area contributed by atoms with Crippen molar-refractivity contribution in [3.8, 4) is 11.3 Å². The number of rotatable bonds is 7. The Labute approximate surface area is 203 Å². The molecule has 1 aromatic carbocycles. The molecule has 3 rings (SSSR count). The largest absolute Gasteiger partial charge is 0.353 e. The number of nitrogens with one attached hydrogen (secondary N) is 1. The van der Waals surface area contributed by atoms with E-state index in [0.29, 0.717) is 19.6 Å². The molecule has 2 heterocycles. The molecule has 8 nitrogen and oxygen atoms in total. The van der Waals surface area contributed by atoms with Crippen LogP contribution in [-0.4, -0.2) is 76.7 Å². The molecule has 1 N–H and O–H groups in total. The fourth-order valence-corrected chi connectivity index (χ4v) is 3.99. The Morgan fingerprint density at radius 3 is 2.35 bits per heavy atom. The number of benzene rings is 1. The van der Waals surface area contributed by atoms with Gasteiger partial charge in [-0.25, -0.2) is 4.79 Å². The molecular formula is C26H38N6O2.